The molecule has 1 fully saturated rings. The van der Waals surface area contributed by atoms with Gasteiger partial charge in [-0.25, -0.2) is 0 Å². The predicted molar refractivity (Wildman–Crippen MR) is 100 cm³/mol. The summed E-state index contributed by atoms with van der Waals surface area (Å²) in [5.41, 5.74) is 2.11. The molecule has 1 aliphatic heterocycles. The van der Waals surface area contributed by atoms with Gasteiger partial charge in [0.15, 0.2) is 0 Å². The molecule has 1 N–H and O–H groups in total. The van der Waals surface area contributed by atoms with Crippen LogP contribution in [0.2, 0.25) is 5.02 Å². The van der Waals surface area contributed by atoms with Crippen LogP contribution >= 0.6 is 23.2 Å². The Morgan fingerprint density at radius 2 is 1.96 bits per heavy atom. The molecule has 0 aromatic heterocycles. The van der Waals surface area contributed by atoms with E-state index in [1.54, 1.807) is 0 Å². The van der Waals surface area contributed by atoms with Crippen LogP contribution in [0.15, 0.2) is 47.0 Å². The molecule has 23 heavy (non-hydrogen) atoms. The number of nitrogens with one attached hydrogen (secondary N) is 1. The van der Waals surface area contributed by atoms with E-state index in [1.165, 1.54) is 5.56 Å². The van der Waals surface area contributed by atoms with Crippen LogP contribution in [0.1, 0.15) is 18.4 Å². The molecule has 4 heteroatoms. The second-order valence-corrected chi connectivity index (χ2v) is 6.71. The Labute approximate surface area is 149 Å². The van der Waals surface area contributed by atoms with E-state index in [9.17, 15) is 0 Å². The van der Waals surface area contributed by atoms with Crippen LogP contribution in [-0.4, -0.2) is 37.6 Å². The van der Waals surface area contributed by atoms with Crippen LogP contribution in [-0.2, 0) is 0 Å². The van der Waals surface area contributed by atoms with Crippen LogP contribution in [0.25, 0.3) is 0 Å². The molecule has 1 heterocycles. The van der Waals surface area contributed by atoms with Gasteiger partial charge in [-0.2, -0.15) is 0 Å². The molecular weight excluding hydrogens is 327 g/mol. The monoisotopic (exact) mass is 348 g/mol. The largest absolute Gasteiger partial charge is 0.314 e. The summed E-state index contributed by atoms with van der Waals surface area (Å²) >= 11 is 12.0. The molecule has 0 radical (unpaired) electrons. The summed E-state index contributed by atoms with van der Waals surface area (Å²) in [6, 6.07) is 7.94. The van der Waals surface area contributed by atoms with Gasteiger partial charge in [0.2, 0.25) is 0 Å². The van der Waals surface area contributed by atoms with Crippen molar-refractivity contribution in [3.05, 3.63) is 57.6 Å². The fourth-order valence-corrected chi connectivity index (χ4v) is 2.89. The Morgan fingerprint density at radius 3 is 2.52 bits per heavy atom. The Kier molecular flexibility index (Phi) is 7.20. The van der Waals surface area contributed by atoms with Gasteiger partial charge in [0.05, 0.1) is 0 Å². The van der Waals surface area contributed by atoms with Crippen molar-refractivity contribution >= 4 is 23.2 Å². The van der Waals surface area contributed by atoms with Crippen molar-refractivity contribution in [1.29, 1.82) is 0 Å². The molecule has 2 nitrogen and oxygen atoms in total. The Bertz CT molecular complexity index is 601. The van der Waals surface area contributed by atoms with Gasteiger partial charge in [-0.15, -0.1) is 6.42 Å². The first kappa shape index (κ1) is 18.1. The number of allylic oxidation sites excluding steroid dienone is 3. The molecule has 1 aromatic carbocycles. The van der Waals surface area contributed by atoms with Crippen LogP contribution in [0.3, 0.4) is 0 Å². The quantitative estimate of drug-likeness (QED) is 0.638. The average Bonchev–Trinajstić information content (AvgIpc) is 2.56. The highest BCUT2D eigenvalue weighted by molar-refractivity contribution is 6.30. The summed E-state index contributed by atoms with van der Waals surface area (Å²) in [6.45, 7) is 6.85. The molecule has 2 rings (SSSR count). The summed E-state index contributed by atoms with van der Waals surface area (Å²) in [5.74, 6) is 2.98. The number of piperazine rings is 1. The fourth-order valence-electron chi connectivity index (χ4n) is 2.70. The third-order valence-corrected chi connectivity index (χ3v) is 4.34. The second kappa shape index (κ2) is 9.15. The van der Waals surface area contributed by atoms with Gasteiger partial charge in [-0.1, -0.05) is 41.3 Å². The van der Waals surface area contributed by atoms with Gasteiger partial charge in [0.25, 0.3) is 0 Å². The maximum Gasteiger partial charge on any atom is 0.0406 e. The van der Waals surface area contributed by atoms with E-state index in [0.29, 0.717) is 0 Å². The van der Waals surface area contributed by atoms with Crippen molar-refractivity contribution in [2.75, 3.05) is 32.7 Å². The van der Waals surface area contributed by atoms with E-state index >= 15 is 0 Å². The molecular formula is C19H22Cl2N2. The molecule has 0 spiro atoms. The smallest absolute Gasteiger partial charge is 0.0406 e. The van der Waals surface area contributed by atoms with E-state index in [-0.39, 0.29) is 5.92 Å². The van der Waals surface area contributed by atoms with Gasteiger partial charge in [-0.05, 0) is 36.8 Å². The lowest BCUT2D eigenvalue weighted by Crippen LogP contribution is -2.45. The Hall–Kier alpha value is -1.24. The molecule has 122 valence electrons. The van der Waals surface area contributed by atoms with Crippen LogP contribution in [0, 0.1) is 12.3 Å². The minimum absolute atomic E-state index is 0.141. The van der Waals surface area contributed by atoms with Crippen molar-refractivity contribution in [2.45, 2.75) is 12.8 Å². The van der Waals surface area contributed by atoms with Crippen LogP contribution < -0.4 is 5.32 Å². The average molecular weight is 349 g/mol. The highest BCUT2D eigenvalue weighted by Crippen LogP contribution is 2.27. The number of rotatable bonds is 5. The maximum absolute atomic E-state index is 6.02. The zero-order valence-electron chi connectivity index (χ0n) is 13.4. The van der Waals surface area contributed by atoms with E-state index in [2.05, 4.69) is 28.3 Å². The first-order chi connectivity index (χ1) is 11.1. The number of terminal acetylenes is 1. The highest BCUT2D eigenvalue weighted by atomic mass is 35.5. The van der Waals surface area contributed by atoms with Gasteiger partial charge < -0.3 is 5.32 Å². The summed E-state index contributed by atoms with van der Waals surface area (Å²) in [5, 5.41) is 4.83. The Balaban J connectivity index is 2.29. The fraction of sp³-hybridized carbons (Fsp3) is 0.368. The van der Waals surface area contributed by atoms with Crippen molar-refractivity contribution in [1.82, 2.24) is 10.2 Å². The summed E-state index contributed by atoms with van der Waals surface area (Å²) < 4.78 is 0. The number of hydrogen-bond donors (Lipinski definition) is 1. The Morgan fingerprint density at radius 1 is 1.30 bits per heavy atom. The lowest BCUT2D eigenvalue weighted by Gasteiger charge is -2.31. The van der Waals surface area contributed by atoms with Crippen molar-refractivity contribution in [3.8, 4) is 12.3 Å². The predicted octanol–water partition coefficient (Wildman–Crippen LogP) is 4.03. The third-order valence-electron chi connectivity index (χ3n) is 3.96. The molecule has 1 atom stereocenters. The summed E-state index contributed by atoms with van der Waals surface area (Å²) in [4.78, 5) is 2.44. The number of benzene rings is 1. The zero-order chi connectivity index (χ0) is 16.7. The molecule has 1 aliphatic rings. The van der Waals surface area contributed by atoms with Gasteiger partial charge in [0, 0.05) is 54.3 Å². The van der Waals surface area contributed by atoms with E-state index in [4.69, 9.17) is 29.6 Å². The summed E-state index contributed by atoms with van der Waals surface area (Å²) in [7, 11) is 0. The molecule has 1 aromatic rings. The molecule has 0 amide bonds. The van der Waals surface area contributed by atoms with Crippen molar-refractivity contribution < 1.29 is 0 Å². The van der Waals surface area contributed by atoms with Gasteiger partial charge >= 0.3 is 0 Å². The van der Waals surface area contributed by atoms with E-state index in [0.717, 1.165) is 48.4 Å². The SMILES string of the molecule is C#C/C(=C\C=C(/C)Cl)C(CN1CCNCC1)c1ccc(Cl)cc1. The normalized spacial score (nSPS) is 18.5. The molecule has 1 saturated heterocycles. The lowest BCUT2D eigenvalue weighted by atomic mass is 9.90. The zero-order valence-corrected chi connectivity index (χ0v) is 14.9. The van der Waals surface area contributed by atoms with E-state index in [1.807, 2.05) is 31.2 Å². The highest BCUT2D eigenvalue weighted by Gasteiger charge is 2.20. The van der Waals surface area contributed by atoms with Crippen LogP contribution in [0.5, 0.6) is 0 Å². The summed E-state index contributed by atoms with van der Waals surface area (Å²) in [6.07, 6.45) is 9.59. The third kappa shape index (κ3) is 5.71. The molecule has 0 saturated carbocycles. The van der Waals surface area contributed by atoms with Gasteiger partial charge in [0.1, 0.15) is 0 Å². The lowest BCUT2D eigenvalue weighted by molar-refractivity contribution is 0.234. The topological polar surface area (TPSA) is 15.3 Å². The first-order valence-electron chi connectivity index (χ1n) is 7.79. The van der Waals surface area contributed by atoms with Crippen molar-refractivity contribution in [3.63, 3.8) is 0 Å². The molecule has 0 bridgehead atoms. The second-order valence-electron chi connectivity index (χ2n) is 5.67. The number of nitrogens with zero attached hydrogens (tertiary/aromatic N) is 1. The van der Waals surface area contributed by atoms with E-state index < -0.39 is 0 Å². The van der Waals surface area contributed by atoms with Crippen molar-refractivity contribution in [2.24, 2.45) is 0 Å². The number of halogens is 2. The molecule has 0 aliphatic carbocycles. The van der Waals surface area contributed by atoms with Gasteiger partial charge in [-0.3, -0.25) is 4.90 Å². The minimum atomic E-state index is 0.141. The van der Waals surface area contributed by atoms with Crippen LogP contribution in [0.4, 0.5) is 0 Å². The maximum atomic E-state index is 6.02. The minimum Gasteiger partial charge on any atom is -0.314 e. The number of hydrogen-bond acceptors (Lipinski definition) is 2. The molecule has 1 unspecified atom stereocenters. The first-order valence-corrected chi connectivity index (χ1v) is 8.55. The standard InChI is InChI=1S/C19H22Cl2N2/c1-3-16(5-4-15(2)20)19(14-23-12-10-22-11-13-23)17-6-8-18(21)9-7-17/h1,4-9,19,22H,10-14H2,2H3/b15-4+,16-5+.